The topological polar surface area (TPSA) is 95.9 Å². The fourth-order valence-electron chi connectivity index (χ4n) is 11.0. The lowest BCUT2D eigenvalue weighted by molar-refractivity contribution is -0.143. The Morgan fingerprint density at radius 2 is 0.615 bits per heavy atom. The number of hydrogen-bond donors (Lipinski definition) is 3. The van der Waals surface area contributed by atoms with Gasteiger partial charge in [-0.15, -0.1) is 0 Å². The van der Waals surface area contributed by atoms with Gasteiger partial charge in [0.1, 0.15) is 0 Å². The molecule has 6 nitrogen and oxygen atoms in total. The fourth-order valence-corrected chi connectivity index (χ4v) is 11.0. The van der Waals surface area contributed by atoms with E-state index in [9.17, 15) is 19.8 Å². The number of hydrogen-bond acceptors (Lipinski definition) is 5. The maximum absolute atomic E-state index is 12.4. The molecule has 0 aliphatic rings. The molecule has 78 heavy (non-hydrogen) atoms. The lowest BCUT2D eigenvalue weighted by Crippen LogP contribution is -2.45. The van der Waals surface area contributed by atoms with Crippen LogP contribution >= 0.6 is 0 Å². The third-order valence-corrected chi connectivity index (χ3v) is 16.4. The van der Waals surface area contributed by atoms with Crippen LogP contribution < -0.4 is 5.32 Å². The maximum atomic E-state index is 12.4. The number of ether oxygens (including phenoxy) is 1. The Balaban J connectivity index is 3.31. The Hall–Kier alpha value is -1.92. The van der Waals surface area contributed by atoms with E-state index < -0.39 is 12.1 Å². The van der Waals surface area contributed by atoms with Crippen molar-refractivity contribution in [3.8, 4) is 0 Å². The average molecular weight is 1100 g/mol. The Morgan fingerprint density at radius 3 is 0.949 bits per heavy atom. The molecule has 0 heterocycles. The number of amides is 1. The monoisotopic (exact) mass is 1100 g/mol. The first-order valence-electron chi connectivity index (χ1n) is 35.3. The van der Waals surface area contributed by atoms with Crippen molar-refractivity contribution in [2.75, 3.05) is 13.2 Å². The number of nitrogens with one attached hydrogen (secondary N) is 1. The second kappa shape index (κ2) is 67.6. The first kappa shape index (κ1) is 76.1. The summed E-state index contributed by atoms with van der Waals surface area (Å²) in [5.41, 5.74) is 0. The van der Waals surface area contributed by atoms with Crippen LogP contribution in [0, 0.1) is 0 Å². The Kier molecular flexibility index (Phi) is 65.9. The quantitative estimate of drug-likeness (QED) is 0.0320. The second-order valence-corrected chi connectivity index (χ2v) is 24.2. The van der Waals surface area contributed by atoms with Crippen LogP contribution in [0.5, 0.6) is 0 Å². The van der Waals surface area contributed by atoms with Gasteiger partial charge in [0.05, 0.1) is 25.4 Å². The first-order chi connectivity index (χ1) is 38.5. The highest BCUT2D eigenvalue weighted by molar-refractivity contribution is 5.76. The summed E-state index contributed by atoms with van der Waals surface area (Å²) in [6, 6.07) is -0.623. The van der Waals surface area contributed by atoms with E-state index in [1.165, 1.54) is 315 Å². The zero-order chi connectivity index (χ0) is 56.4. The minimum Gasteiger partial charge on any atom is -0.466 e. The van der Waals surface area contributed by atoms with Crippen LogP contribution in [0.15, 0.2) is 36.5 Å². The van der Waals surface area contributed by atoms with E-state index in [4.69, 9.17) is 4.74 Å². The summed E-state index contributed by atoms with van der Waals surface area (Å²) in [6.07, 6.45) is 86.8. The van der Waals surface area contributed by atoms with Gasteiger partial charge in [-0.25, -0.2) is 0 Å². The molecule has 0 saturated carbocycles. The van der Waals surface area contributed by atoms with Gasteiger partial charge in [-0.05, 0) is 77.0 Å². The van der Waals surface area contributed by atoms with Crippen LogP contribution in [0.2, 0.25) is 0 Å². The number of carbonyl (C=O) groups excluding carboxylic acids is 2. The van der Waals surface area contributed by atoms with Crippen LogP contribution in [0.1, 0.15) is 386 Å². The molecule has 0 aliphatic carbocycles. The van der Waals surface area contributed by atoms with Gasteiger partial charge in [-0.1, -0.05) is 333 Å². The Labute approximate surface area is 487 Å². The van der Waals surface area contributed by atoms with Crippen molar-refractivity contribution in [2.24, 2.45) is 0 Å². The molecule has 0 fully saturated rings. The molecule has 3 N–H and O–H groups in total. The standard InChI is InChI=1S/C72H137NO5/c1-3-5-7-9-11-13-44-48-52-56-60-64-70(75)69(68-74)73-71(76)65-61-57-53-49-46-42-40-38-36-34-32-30-28-26-24-22-20-18-16-15-17-19-21-23-25-27-29-31-33-35-37-39-41-43-47-51-55-59-63-67-78-72(77)66-62-58-54-50-45-14-12-10-8-6-4-2/h10,12,15-16,60,64,69-70,74-75H,3-9,11,13-14,17-59,61-63,65-68H2,1-2H3,(H,73,76)/b12-10-,16-15-,64-60+. The summed E-state index contributed by atoms with van der Waals surface area (Å²) in [4.78, 5) is 24.4. The van der Waals surface area contributed by atoms with Crippen LogP contribution in [-0.4, -0.2) is 47.4 Å². The molecule has 6 heteroatoms. The molecule has 0 aromatic heterocycles. The fraction of sp³-hybridized carbons (Fsp3) is 0.889. The van der Waals surface area contributed by atoms with Gasteiger partial charge in [0.15, 0.2) is 0 Å². The zero-order valence-corrected chi connectivity index (χ0v) is 52.7. The zero-order valence-electron chi connectivity index (χ0n) is 52.7. The second-order valence-electron chi connectivity index (χ2n) is 24.2. The molecule has 1 amide bonds. The third-order valence-electron chi connectivity index (χ3n) is 16.4. The van der Waals surface area contributed by atoms with Crippen LogP contribution in [0.4, 0.5) is 0 Å². The van der Waals surface area contributed by atoms with Gasteiger partial charge < -0.3 is 20.3 Å². The number of aliphatic hydroxyl groups is 2. The van der Waals surface area contributed by atoms with Crippen molar-refractivity contribution >= 4 is 11.9 Å². The molecule has 0 aromatic carbocycles. The number of carbonyl (C=O) groups is 2. The van der Waals surface area contributed by atoms with E-state index in [-0.39, 0.29) is 18.5 Å². The predicted molar refractivity (Wildman–Crippen MR) is 343 cm³/mol. The first-order valence-corrected chi connectivity index (χ1v) is 35.3. The van der Waals surface area contributed by atoms with E-state index in [1.54, 1.807) is 6.08 Å². The lowest BCUT2D eigenvalue weighted by Gasteiger charge is -2.20. The number of rotatable bonds is 66. The highest BCUT2D eigenvalue weighted by Crippen LogP contribution is 2.18. The molecule has 0 aliphatic heterocycles. The number of allylic oxidation sites excluding steroid dienone is 5. The van der Waals surface area contributed by atoms with Gasteiger partial charge >= 0.3 is 5.97 Å². The SMILES string of the molecule is CCCC/C=C\CCCCCCCC(=O)OCCCCCCCCCCCCCCCCCCCC/C=C\CCCCCCCCCCCCCCCCCCCC(=O)NC(CO)C(O)/C=C/CCCCCCCCCCC. The van der Waals surface area contributed by atoms with E-state index in [0.717, 1.165) is 44.9 Å². The van der Waals surface area contributed by atoms with Gasteiger partial charge in [0.25, 0.3) is 0 Å². The summed E-state index contributed by atoms with van der Waals surface area (Å²) >= 11 is 0. The number of aliphatic hydroxyl groups excluding tert-OH is 2. The minimum atomic E-state index is -0.839. The Bertz CT molecular complexity index is 1260. The van der Waals surface area contributed by atoms with Crippen molar-refractivity contribution < 1.29 is 24.5 Å². The smallest absolute Gasteiger partial charge is 0.305 e. The molecule has 0 bridgehead atoms. The number of unbranched alkanes of at least 4 members (excludes halogenated alkanes) is 51. The van der Waals surface area contributed by atoms with Crippen molar-refractivity contribution in [1.82, 2.24) is 5.32 Å². The van der Waals surface area contributed by atoms with Crippen molar-refractivity contribution in [1.29, 1.82) is 0 Å². The highest BCUT2D eigenvalue weighted by atomic mass is 16.5. The summed E-state index contributed by atoms with van der Waals surface area (Å²) < 4.78 is 5.47. The van der Waals surface area contributed by atoms with E-state index >= 15 is 0 Å². The third kappa shape index (κ3) is 63.3. The summed E-state index contributed by atoms with van der Waals surface area (Å²) in [7, 11) is 0. The predicted octanol–water partition coefficient (Wildman–Crippen LogP) is 22.7. The summed E-state index contributed by atoms with van der Waals surface area (Å²) in [5, 5.41) is 23.1. The molecule has 0 rings (SSSR count). The molecular formula is C72H137NO5. The molecule has 0 radical (unpaired) electrons. The van der Waals surface area contributed by atoms with Crippen molar-refractivity contribution in [2.45, 2.75) is 398 Å². The Morgan fingerprint density at radius 1 is 0.346 bits per heavy atom. The number of esters is 1. The highest BCUT2D eigenvalue weighted by Gasteiger charge is 2.18. The summed E-state index contributed by atoms with van der Waals surface area (Å²) in [6.45, 7) is 4.87. The molecule has 2 unspecified atom stereocenters. The minimum absolute atomic E-state index is 0.0112. The van der Waals surface area contributed by atoms with Crippen molar-refractivity contribution in [3.63, 3.8) is 0 Å². The normalized spacial score (nSPS) is 12.7. The molecule has 2 atom stereocenters. The van der Waals surface area contributed by atoms with Crippen molar-refractivity contribution in [3.05, 3.63) is 36.5 Å². The van der Waals surface area contributed by atoms with Gasteiger partial charge in [-0.3, -0.25) is 9.59 Å². The van der Waals surface area contributed by atoms with Crippen LogP contribution in [0.3, 0.4) is 0 Å². The van der Waals surface area contributed by atoms with Gasteiger partial charge in [0.2, 0.25) is 5.91 Å². The van der Waals surface area contributed by atoms with E-state index in [1.807, 2.05) is 6.08 Å². The molecular weight excluding hydrogens is 959 g/mol. The largest absolute Gasteiger partial charge is 0.466 e. The lowest BCUT2D eigenvalue weighted by atomic mass is 10.0. The average Bonchev–Trinajstić information content (AvgIpc) is 3.44. The summed E-state index contributed by atoms with van der Waals surface area (Å²) in [5.74, 6) is -0.0523. The van der Waals surface area contributed by atoms with Gasteiger partial charge in [0, 0.05) is 12.8 Å². The molecule has 0 aromatic rings. The van der Waals surface area contributed by atoms with Gasteiger partial charge in [-0.2, -0.15) is 0 Å². The molecule has 460 valence electrons. The molecule has 0 saturated heterocycles. The molecule has 0 spiro atoms. The van der Waals surface area contributed by atoms with E-state index in [0.29, 0.717) is 19.4 Å². The maximum Gasteiger partial charge on any atom is 0.305 e. The van der Waals surface area contributed by atoms with Crippen LogP contribution in [-0.2, 0) is 14.3 Å². The van der Waals surface area contributed by atoms with E-state index in [2.05, 4.69) is 43.5 Å². The van der Waals surface area contributed by atoms with Crippen LogP contribution in [0.25, 0.3) is 0 Å².